The van der Waals surface area contributed by atoms with Crippen LogP contribution in [0.1, 0.15) is 36.8 Å². The van der Waals surface area contributed by atoms with Crippen LogP contribution in [0.25, 0.3) is 0 Å². The van der Waals surface area contributed by atoms with Gasteiger partial charge in [0.2, 0.25) is 0 Å². The van der Waals surface area contributed by atoms with Gasteiger partial charge < -0.3 is 10.1 Å². The predicted molar refractivity (Wildman–Crippen MR) is 67.5 cm³/mol. The molecule has 1 N–H and O–H groups in total. The first kappa shape index (κ1) is 14.2. The van der Waals surface area contributed by atoms with Crippen LogP contribution in [0.15, 0.2) is 18.2 Å². The largest absolute Gasteiger partial charge is 0.494 e. The molecular weight excluding hydrogens is 255 g/mol. The second-order valence-electron chi connectivity index (χ2n) is 4.75. The molecule has 5 heteroatoms. The minimum Gasteiger partial charge on any atom is -0.494 e. The van der Waals surface area contributed by atoms with E-state index in [2.05, 4.69) is 5.32 Å². The van der Waals surface area contributed by atoms with Gasteiger partial charge >= 0.3 is 6.18 Å². The van der Waals surface area contributed by atoms with Gasteiger partial charge in [-0.25, -0.2) is 0 Å². The van der Waals surface area contributed by atoms with Crippen molar-refractivity contribution in [2.45, 2.75) is 31.9 Å². The number of piperidine rings is 1. The van der Waals surface area contributed by atoms with Crippen molar-refractivity contribution in [3.63, 3.8) is 0 Å². The molecule has 1 heterocycles. The van der Waals surface area contributed by atoms with Gasteiger partial charge in [0.1, 0.15) is 5.75 Å². The Balaban J connectivity index is 2.33. The molecule has 1 saturated heterocycles. The number of benzene rings is 1. The lowest BCUT2D eigenvalue weighted by Crippen LogP contribution is -2.26. The van der Waals surface area contributed by atoms with Gasteiger partial charge in [0, 0.05) is 0 Å². The van der Waals surface area contributed by atoms with Crippen LogP contribution in [-0.4, -0.2) is 19.7 Å². The normalized spacial score (nSPS) is 17.5. The van der Waals surface area contributed by atoms with Crippen molar-refractivity contribution in [1.82, 2.24) is 5.32 Å². The van der Waals surface area contributed by atoms with Crippen LogP contribution >= 0.6 is 0 Å². The first-order valence-electron chi connectivity index (χ1n) is 6.56. The molecule has 0 atom stereocenters. The fourth-order valence-corrected chi connectivity index (χ4v) is 2.43. The van der Waals surface area contributed by atoms with Crippen molar-refractivity contribution < 1.29 is 17.9 Å². The molecule has 0 aromatic heterocycles. The van der Waals surface area contributed by atoms with Gasteiger partial charge in [0.25, 0.3) is 0 Å². The highest BCUT2D eigenvalue weighted by molar-refractivity contribution is 5.38. The summed E-state index contributed by atoms with van der Waals surface area (Å²) in [6, 6.07) is 4.08. The predicted octanol–water partition coefficient (Wildman–Crippen LogP) is 3.57. The van der Waals surface area contributed by atoms with Crippen molar-refractivity contribution in [1.29, 1.82) is 0 Å². The molecule has 1 aromatic carbocycles. The molecule has 0 spiro atoms. The Bertz CT molecular complexity index is 425. The topological polar surface area (TPSA) is 21.3 Å². The van der Waals surface area contributed by atoms with E-state index in [9.17, 15) is 13.2 Å². The van der Waals surface area contributed by atoms with E-state index in [-0.39, 0.29) is 5.92 Å². The Labute approximate surface area is 111 Å². The van der Waals surface area contributed by atoms with E-state index in [0.717, 1.165) is 37.6 Å². The summed E-state index contributed by atoms with van der Waals surface area (Å²) in [5.41, 5.74) is 0.117. The molecule has 1 aliphatic rings. The molecule has 0 radical (unpaired) electrons. The lowest BCUT2D eigenvalue weighted by atomic mass is 9.89. The Morgan fingerprint density at radius 1 is 1.21 bits per heavy atom. The van der Waals surface area contributed by atoms with Gasteiger partial charge in [0.15, 0.2) is 0 Å². The first-order chi connectivity index (χ1) is 9.00. The van der Waals surface area contributed by atoms with Gasteiger partial charge in [-0.2, -0.15) is 13.2 Å². The second kappa shape index (κ2) is 5.82. The molecule has 1 aliphatic heterocycles. The first-order valence-corrected chi connectivity index (χ1v) is 6.56. The van der Waals surface area contributed by atoms with Gasteiger partial charge in [-0.15, -0.1) is 0 Å². The van der Waals surface area contributed by atoms with E-state index in [1.54, 1.807) is 13.0 Å². The Kier molecular flexibility index (Phi) is 4.34. The molecule has 106 valence electrons. The lowest BCUT2D eigenvalue weighted by molar-refractivity contribution is -0.137. The average molecular weight is 273 g/mol. The van der Waals surface area contributed by atoms with Gasteiger partial charge in [-0.3, -0.25) is 0 Å². The van der Waals surface area contributed by atoms with E-state index in [4.69, 9.17) is 4.74 Å². The number of hydrogen-bond acceptors (Lipinski definition) is 2. The SMILES string of the molecule is CCOc1cc(C2CCNCC2)cc(C(F)(F)F)c1. The van der Waals surface area contributed by atoms with E-state index < -0.39 is 11.7 Å². The van der Waals surface area contributed by atoms with E-state index in [1.165, 1.54) is 6.07 Å². The van der Waals surface area contributed by atoms with E-state index >= 15 is 0 Å². The summed E-state index contributed by atoms with van der Waals surface area (Å²) in [6.45, 7) is 3.84. The highest BCUT2D eigenvalue weighted by Crippen LogP contribution is 2.36. The minimum atomic E-state index is -4.32. The molecule has 2 rings (SSSR count). The summed E-state index contributed by atoms with van der Waals surface area (Å²) in [4.78, 5) is 0. The lowest BCUT2D eigenvalue weighted by Gasteiger charge is -2.24. The zero-order valence-electron chi connectivity index (χ0n) is 10.9. The molecule has 1 fully saturated rings. The van der Waals surface area contributed by atoms with Crippen molar-refractivity contribution >= 4 is 0 Å². The van der Waals surface area contributed by atoms with Crippen molar-refractivity contribution in [3.05, 3.63) is 29.3 Å². The molecular formula is C14H18F3NO. The molecule has 1 aromatic rings. The quantitative estimate of drug-likeness (QED) is 0.909. The maximum atomic E-state index is 12.9. The summed E-state index contributed by atoms with van der Waals surface area (Å²) in [5, 5.41) is 3.22. The number of alkyl halides is 3. The van der Waals surface area contributed by atoms with Crippen LogP contribution < -0.4 is 10.1 Å². The molecule has 0 bridgehead atoms. The van der Waals surface area contributed by atoms with Crippen molar-refractivity contribution in [2.75, 3.05) is 19.7 Å². The third-order valence-corrected chi connectivity index (χ3v) is 3.38. The summed E-state index contributed by atoms with van der Waals surface area (Å²) in [5.74, 6) is 0.494. The third-order valence-electron chi connectivity index (χ3n) is 3.38. The summed E-state index contributed by atoms with van der Waals surface area (Å²) >= 11 is 0. The zero-order valence-corrected chi connectivity index (χ0v) is 10.9. The van der Waals surface area contributed by atoms with Crippen molar-refractivity contribution in [3.8, 4) is 5.75 Å². The summed E-state index contributed by atoms with van der Waals surface area (Å²) in [6.07, 6.45) is -2.59. The van der Waals surface area contributed by atoms with Gasteiger partial charge in [-0.05, 0) is 62.5 Å². The number of nitrogens with one attached hydrogen (secondary N) is 1. The van der Waals surface area contributed by atoms with Crippen LogP contribution in [0, 0.1) is 0 Å². The van der Waals surface area contributed by atoms with Crippen LogP contribution in [0.3, 0.4) is 0 Å². The van der Waals surface area contributed by atoms with Crippen LogP contribution in [-0.2, 0) is 6.18 Å². The maximum absolute atomic E-state index is 12.9. The summed E-state index contributed by atoms with van der Waals surface area (Å²) < 4.78 is 43.9. The monoisotopic (exact) mass is 273 g/mol. The molecule has 0 amide bonds. The van der Waals surface area contributed by atoms with Crippen LogP contribution in [0.4, 0.5) is 13.2 Å². The Morgan fingerprint density at radius 3 is 2.47 bits per heavy atom. The van der Waals surface area contributed by atoms with Crippen LogP contribution in [0.2, 0.25) is 0 Å². The number of rotatable bonds is 3. The molecule has 0 unspecified atom stereocenters. The number of ether oxygens (including phenoxy) is 1. The zero-order chi connectivity index (χ0) is 13.9. The highest BCUT2D eigenvalue weighted by atomic mass is 19.4. The fourth-order valence-electron chi connectivity index (χ4n) is 2.43. The number of halogens is 3. The maximum Gasteiger partial charge on any atom is 0.416 e. The van der Waals surface area contributed by atoms with Crippen LogP contribution in [0.5, 0.6) is 5.75 Å². The molecule has 2 nitrogen and oxygen atoms in total. The second-order valence-corrected chi connectivity index (χ2v) is 4.75. The van der Waals surface area contributed by atoms with E-state index in [0.29, 0.717) is 12.4 Å². The number of hydrogen-bond donors (Lipinski definition) is 1. The standard InChI is InChI=1S/C14H18F3NO/c1-2-19-13-8-11(10-3-5-18-6-4-10)7-12(9-13)14(15,16)17/h7-10,18H,2-6H2,1H3. The Morgan fingerprint density at radius 2 is 1.89 bits per heavy atom. The fraction of sp³-hybridized carbons (Fsp3) is 0.571. The molecule has 0 aliphatic carbocycles. The van der Waals surface area contributed by atoms with Gasteiger partial charge in [0.05, 0.1) is 12.2 Å². The average Bonchev–Trinajstić information content (AvgIpc) is 2.39. The smallest absolute Gasteiger partial charge is 0.416 e. The third kappa shape index (κ3) is 3.62. The van der Waals surface area contributed by atoms with E-state index in [1.807, 2.05) is 0 Å². The Hall–Kier alpha value is -1.23. The summed E-state index contributed by atoms with van der Waals surface area (Å²) in [7, 11) is 0. The van der Waals surface area contributed by atoms with Crippen molar-refractivity contribution in [2.24, 2.45) is 0 Å². The molecule has 19 heavy (non-hydrogen) atoms. The van der Waals surface area contributed by atoms with Gasteiger partial charge in [-0.1, -0.05) is 0 Å². The highest BCUT2D eigenvalue weighted by Gasteiger charge is 2.32. The molecule has 0 saturated carbocycles. The minimum absolute atomic E-state index is 0.183.